The molecule has 94 valence electrons. The zero-order valence-electron chi connectivity index (χ0n) is 9.24. The van der Waals surface area contributed by atoms with Gasteiger partial charge in [0.05, 0.1) is 22.1 Å². The van der Waals surface area contributed by atoms with Gasteiger partial charge in [0, 0.05) is 0 Å². The van der Waals surface area contributed by atoms with E-state index in [2.05, 4.69) is 4.99 Å². The second-order valence-corrected chi connectivity index (χ2v) is 5.26. The molecule has 1 aliphatic heterocycles. The van der Waals surface area contributed by atoms with Crippen LogP contribution in [0.1, 0.15) is 5.56 Å². The van der Waals surface area contributed by atoms with Crippen molar-refractivity contribution in [1.29, 1.82) is 0 Å². The van der Waals surface area contributed by atoms with E-state index < -0.39 is 0 Å². The highest BCUT2D eigenvalue weighted by Crippen LogP contribution is 2.35. The van der Waals surface area contributed by atoms with Crippen LogP contribution in [0.5, 0.6) is 5.75 Å². The maximum absolute atomic E-state index is 11.4. The molecule has 0 saturated carbocycles. The fourth-order valence-corrected chi connectivity index (χ4v) is 2.77. The number of amides is 1. The van der Waals surface area contributed by atoms with Crippen LogP contribution in [0.15, 0.2) is 22.0 Å². The van der Waals surface area contributed by atoms with Gasteiger partial charge in [0.15, 0.2) is 10.9 Å². The first-order valence-electron chi connectivity index (χ1n) is 4.82. The summed E-state index contributed by atoms with van der Waals surface area (Å²) in [7, 11) is 1.48. The summed E-state index contributed by atoms with van der Waals surface area (Å²) in [5, 5.41) is 0.985. The molecular weight excluding hydrogens is 295 g/mol. The Hall–Kier alpha value is -1.17. The van der Waals surface area contributed by atoms with E-state index in [4.69, 9.17) is 33.7 Å². The first-order valence-corrected chi connectivity index (χ1v) is 6.39. The van der Waals surface area contributed by atoms with Crippen molar-refractivity contribution in [2.75, 3.05) is 7.11 Å². The number of methoxy groups -OCH3 is 1. The summed E-state index contributed by atoms with van der Waals surface area (Å²) in [6, 6.07) is 3.31. The van der Waals surface area contributed by atoms with Crippen LogP contribution >= 0.6 is 35.0 Å². The van der Waals surface area contributed by atoms with E-state index in [-0.39, 0.29) is 11.1 Å². The van der Waals surface area contributed by atoms with Crippen molar-refractivity contribution in [2.24, 2.45) is 10.7 Å². The van der Waals surface area contributed by atoms with E-state index in [0.717, 1.165) is 11.8 Å². The number of halogens is 2. The van der Waals surface area contributed by atoms with Crippen LogP contribution in [-0.2, 0) is 4.79 Å². The molecule has 0 spiro atoms. The van der Waals surface area contributed by atoms with Crippen molar-refractivity contribution in [3.8, 4) is 5.75 Å². The molecule has 0 aliphatic carbocycles. The minimum atomic E-state index is -0.361. The number of thioether (sulfide) groups is 1. The number of benzene rings is 1. The first-order chi connectivity index (χ1) is 8.51. The van der Waals surface area contributed by atoms with Crippen molar-refractivity contribution in [3.63, 3.8) is 0 Å². The topological polar surface area (TPSA) is 64.7 Å². The maximum Gasteiger partial charge on any atom is 0.286 e. The van der Waals surface area contributed by atoms with E-state index in [9.17, 15) is 4.79 Å². The average Bonchev–Trinajstić information content (AvgIpc) is 2.57. The number of rotatable bonds is 2. The molecule has 0 aromatic heterocycles. The molecule has 18 heavy (non-hydrogen) atoms. The first kappa shape index (κ1) is 13.3. The largest absolute Gasteiger partial charge is 0.494 e. The van der Waals surface area contributed by atoms with Crippen molar-refractivity contribution in [2.45, 2.75) is 0 Å². The molecule has 0 radical (unpaired) electrons. The van der Waals surface area contributed by atoms with Crippen LogP contribution in [0.2, 0.25) is 10.0 Å². The van der Waals surface area contributed by atoms with Gasteiger partial charge in [-0.15, -0.1) is 0 Å². The lowest BCUT2D eigenvalue weighted by Gasteiger charge is -2.06. The third-order valence-electron chi connectivity index (χ3n) is 2.16. The van der Waals surface area contributed by atoms with Crippen LogP contribution in [-0.4, -0.2) is 18.2 Å². The Morgan fingerprint density at radius 1 is 1.39 bits per heavy atom. The standard InChI is InChI=1S/C11H8Cl2N2O2S/c1-17-9-6(12)2-5(3-7(9)13)4-8-10(16)15-11(14)18-8/h2-4H,1H3,(H2,14,15,16)/b8-4-. The quantitative estimate of drug-likeness (QED) is 0.853. The second-order valence-electron chi connectivity index (χ2n) is 3.38. The maximum atomic E-state index is 11.4. The highest BCUT2D eigenvalue weighted by molar-refractivity contribution is 8.18. The molecule has 0 atom stereocenters. The van der Waals surface area contributed by atoms with E-state index in [1.54, 1.807) is 18.2 Å². The highest BCUT2D eigenvalue weighted by atomic mass is 35.5. The molecule has 0 saturated heterocycles. The minimum Gasteiger partial charge on any atom is -0.494 e. The van der Waals surface area contributed by atoms with Gasteiger partial charge in [-0.25, -0.2) is 0 Å². The molecule has 2 N–H and O–H groups in total. The molecule has 1 aliphatic rings. The molecule has 7 heteroatoms. The van der Waals surface area contributed by atoms with Crippen LogP contribution in [0.4, 0.5) is 0 Å². The Balaban J connectivity index is 2.37. The molecule has 1 aromatic rings. The van der Waals surface area contributed by atoms with Gasteiger partial charge in [-0.1, -0.05) is 23.2 Å². The molecule has 0 unspecified atom stereocenters. The Morgan fingerprint density at radius 2 is 2.00 bits per heavy atom. The Kier molecular flexibility index (Phi) is 3.85. The van der Waals surface area contributed by atoms with Crippen LogP contribution in [0.25, 0.3) is 6.08 Å². The van der Waals surface area contributed by atoms with E-state index in [1.165, 1.54) is 7.11 Å². The number of hydrogen-bond acceptors (Lipinski definition) is 4. The lowest BCUT2D eigenvalue weighted by atomic mass is 10.2. The monoisotopic (exact) mass is 302 g/mol. The third-order valence-corrected chi connectivity index (χ3v) is 3.53. The van der Waals surface area contributed by atoms with Gasteiger partial charge >= 0.3 is 0 Å². The zero-order chi connectivity index (χ0) is 13.3. The summed E-state index contributed by atoms with van der Waals surface area (Å²) in [6.07, 6.45) is 1.63. The number of carbonyl (C=O) groups excluding carboxylic acids is 1. The number of nitrogens with two attached hydrogens (primary N) is 1. The van der Waals surface area contributed by atoms with Gasteiger partial charge in [-0.3, -0.25) is 4.79 Å². The van der Waals surface area contributed by atoms with Crippen molar-refractivity contribution in [3.05, 3.63) is 32.6 Å². The zero-order valence-corrected chi connectivity index (χ0v) is 11.6. The van der Waals surface area contributed by atoms with Crippen LogP contribution < -0.4 is 10.5 Å². The molecule has 1 aromatic carbocycles. The van der Waals surface area contributed by atoms with Crippen molar-refractivity contribution < 1.29 is 9.53 Å². The average molecular weight is 303 g/mol. The molecule has 2 rings (SSSR count). The Bertz CT molecular complexity index is 561. The molecule has 1 heterocycles. The SMILES string of the molecule is COc1c(Cl)cc(/C=C2\SC(N)=NC2=O)cc1Cl. The fraction of sp³-hybridized carbons (Fsp3) is 0.0909. The molecular formula is C11H8Cl2N2O2S. The van der Waals surface area contributed by atoms with Gasteiger partial charge in [-0.2, -0.15) is 4.99 Å². The predicted molar refractivity (Wildman–Crippen MR) is 75.2 cm³/mol. The van der Waals surface area contributed by atoms with Crippen molar-refractivity contribution >= 4 is 52.1 Å². The van der Waals surface area contributed by atoms with Crippen LogP contribution in [0.3, 0.4) is 0 Å². The molecule has 0 fully saturated rings. The number of nitrogens with zero attached hydrogens (tertiary/aromatic N) is 1. The number of ether oxygens (including phenoxy) is 1. The molecule has 1 amide bonds. The van der Waals surface area contributed by atoms with Gasteiger partial charge in [0.25, 0.3) is 5.91 Å². The summed E-state index contributed by atoms with van der Waals surface area (Å²) in [4.78, 5) is 15.5. The van der Waals surface area contributed by atoms with Crippen LogP contribution in [0, 0.1) is 0 Å². The third kappa shape index (κ3) is 2.63. The fourth-order valence-electron chi connectivity index (χ4n) is 1.43. The van der Waals surface area contributed by atoms with E-state index >= 15 is 0 Å². The van der Waals surface area contributed by atoms with Crippen molar-refractivity contribution in [1.82, 2.24) is 0 Å². The smallest absolute Gasteiger partial charge is 0.286 e. The van der Waals surface area contributed by atoms with E-state index in [0.29, 0.717) is 26.3 Å². The number of carbonyl (C=O) groups is 1. The number of amidine groups is 1. The Morgan fingerprint density at radius 3 is 2.44 bits per heavy atom. The molecule has 4 nitrogen and oxygen atoms in total. The predicted octanol–water partition coefficient (Wildman–Crippen LogP) is 2.93. The Labute approximate surface area is 118 Å². The van der Waals surface area contributed by atoms with Gasteiger partial charge in [-0.05, 0) is 35.5 Å². The molecule has 0 bridgehead atoms. The van der Waals surface area contributed by atoms with Gasteiger partial charge in [0.1, 0.15) is 0 Å². The minimum absolute atomic E-state index is 0.233. The highest BCUT2D eigenvalue weighted by Gasteiger charge is 2.19. The summed E-state index contributed by atoms with van der Waals surface area (Å²) >= 11 is 13.1. The van der Waals surface area contributed by atoms with Gasteiger partial charge in [0.2, 0.25) is 0 Å². The second kappa shape index (κ2) is 5.22. The summed E-state index contributed by atoms with van der Waals surface area (Å²) in [6.45, 7) is 0. The van der Waals surface area contributed by atoms with Gasteiger partial charge < -0.3 is 10.5 Å². The summed E-state index contributed by atoms with van der Waals surface area (Å²) in [5.74, 6) is 0.0437. The summed E-state index contributed by atoms with van der Waals surface area (Å²) in [5.41, 5.74) is 6.14. The summed E-state index contributed by atoms with van der Waals surface area (Å²) < 4.78 is 5.04. The lowest BCUT2D eigenvalue weighted by molar-refractivity contribution is -0.113. The normalized spacial score (nSPS) is 17.2. The lowest BCUT2D eigenvalue weighted by Crippen LogP contribution is -2.01. The number of aliphatic imine (C=N–C) groups is 1. The number of hydrogen-bond donors (Lipinski definition) is 1. The van der Waals surface area contributed by atoms with E-state index in [1.807, 2.05) is 0 Å².